The van der Waals surface area contributed by atoms with Crippen LogP contribution < -0.4 is 26.6 Å². The van der Waals surface area contributed by atoms with Gasteiger partial charge in [0, 0.05) is 24.5 Å². The molecule has 2 heterocycles. The molecule has 17 heteroatoms. The van der Waals surface area contributed by atoms with Crippen molar-refractivity contribution in [2.24, 2.45) is 0 Å². The molecule has 5 amide bonds. The van der Waals surface area contributed by atoms with Gasteiger partial charge in [-0.1, -0.05) is 27.7 Å². The van der Waals surface area contributed by atoms with E-state index in [1.54, 1.807) is 17.5 Å². The average molecular weight is 624 g/mol. The van der Waals surface area contributed by atoms with Crippen molar-refractivity contribution in [3.63, 3.8) is 0 Å². The minimum atomic E-state index is -4.63. The van der Waals surface area contributed by atoms with Gasteiger partial charge in [-0.2, -0.15) is 13.2 Å². The summed E-state index contributed by atoms with van der Waals surface area (Å²) in [5, 5.41) is 12.0. The van der Waals surface area contributed by atoms with Gasteiger partial charge in [-0.15, -0.1) is 0 Å². The number of esters is 1. The lowest BCUT2D eigenvalue weighted by atomic mass is 10.1. The van der Waals surface area contributed by atoms with Crippen molar-refractivity contribution in [2.45, 2.75) is 74.8 Å². The van der Waals surface area contributed by atoms with Gasteiger partial charge in [0.05, 0.1) is 12.8 Å². The van der Waals surface area contributed by atoms with Gasteiger partial charge < -0.3 is 31.3 Å². The smallest absolute Gasteiger partial charge is 0.405 e. The minimum Gasteiger partial charge on any atom is -0.458 e. The van der Waals surface area contributed by atoms with Crippen molar-refractivity contribution in [2.75, 3.05) is 24.6 Å². The molecule has 1 aliphatic carbocycles. The summed E-state index contributed by atoms with van der Waals surface area (Å²) in [7, 11) is 2.72. The number of nitrogens with one attached hydrogen (secondary N) is 5. The van der Waals surface area contributed by atoms with E-state index in [-0.39, 0.29) is 31.6 Å². The average Bonchev–Trinajstić information content (AvgIpc) is 3.67. The van der Waals surface area contributed by atoms with Crippen LogP contribution in [0.2, 0.25) is 0 Å². The molecule has 1 spiro atoms. The van der Waals surface area contributed by atoms with Crippen molar-refractivity contribution < 1.29 is 46.7 Å². The lowest BCUT2D eigenvalue weighted by molar-refractivity contribution is -0.148. The fourth-order valence-corrected chi connectivity index (χ4v) is 6.10. The normalized spacial score (nSPS) is 27.2. The maximum absolute atomic E-state index is 13.3. The zero-order valence-corrected chi connectivity index (χ0v) is 23.6. The molecule has 12 nitrogen and oxygen atoms in total. The zero-order chi connectivity index (χ0) is 30.0. The molecule has 2 fully saturated rings. The summed E-state index contributed by atoms with van der Waals surface area (Å²) in [6, 6.07) is -2.52. The van der Waals surface area contributed by atoms with Crippen molar-refractivity contribution in [1.82, 2.24) is 26.6 Å². The van der Waals surface area contributed by atoms with E-state index in [9.17, 15) is 41.9 Å². The number of rotatable bonds is 4. The van der Waals surface area contributed by atoms with Gasteiger partial charge in [-0.3, -0.25) is 28.8 Å². The summed E-state index contributed by atoms with van der Waals surface area (Å²) >= 11 is 0. The molecule has 2 aliphatic heterocycles. The van der Waals surface area contributed by atoms with E-state index in [1.165, 1.54) is 21.6 Å². The molecule has 228 valence electrons. The molecule has 0 aromatic heterocycles. The van der Waals surface area contributed by atoms with E-state index in [2.05, 4.69) is 21.3 Å². The molecule has 3 rings (SSSR count). The maximum atomic E-state index is 13.3. The Hall–Kier alpha value is -2.95. The highest BCUT2D eigenvalue weighted by Gasteiger charge is 2.51. The first-order chi connectivity index (χ1) is 19.4. The second-order valence-electron chi connectivity index (χ2n) is 9.74. The molecule has 5 N–H and O–H groups in total. The number of halogens is 3. The number of hydrogen-bond acceptors (Lipinski definition) is 9. The molecule has 2 bridgehead atoms. The van der Waals surface area contributed by atoms with Crippen LogP contribution in [-0.4, -0.2) is 90.0 Å². The standard InChI is InChI=1S/C24H32F3N5O7S2/c25-24(26,27)13-29-17(33)5-4-15-20(36)31-16-12-41-40-10-2-1-3-14(11-18(34)30-15)39-19(35)6-9-28-22(38)23(7-8-23)32-21(16)37/h1,3,14-16H,2,4-13H2,(H,28,38)(H,29,33)(H,30,34)(H,31,36)(H,32,37)/b3-1+/t14-,15-,16-/m1/s1. The number of fused-ring (bicyclic) bond motifs is 7. The Labute approximate surface area is 241 Å². The highest BCUT2D eigenvalue weighted by atomic mass is 33.1. The summed E-state index contributed by atoms with van der Waals surface area (Å²) in [6.45, 7) is -1.61. The first kappa shape index (κ1) is 32.6. The molecule has 1 saturated carbocycles. The van der Waals surface area contributed by atoms with Gasteiger partial charge in [0.1, 0.15) is 30.3 Å². The van der Waals surface area contributed by atoms with Gasteiger partial charge >= 0.3 is 12.1 Å². The fourth-order valence-electron chi connectivity index (χ4n) is 3.94. The first-order valence-corrected chi connectivity index (χ1v) is 15.5. The molecule has 3 aliphatic rings. The quantitative estimate of drug-likeness (QED) is 0.167. The summed E-state index contributed by atoms with van der Waals surface area (Å²) in [6.07, 6.45) is -2.55. The number of amides is 5. The van der Waals surface area contributed by atoms with Gasteiger partial charge in [-0.05, 0) is 31.8 Å². The molecule has 0 unspecified atom stereocenters. The fraction of sp³-hybridized carbons (Fsp3) is 0.667. The molecule has 41 heavy (non-hydrogen) atoms. The third-order valence-electron chi connectivity index (χ3n) is 6.30. The van der Waals surface area contributed by atoms with Gasteiger partial charge in [-0.25, -0.2) is 0 Å². The van der Waals surface area contributed by atoms with Crippen LogP contribution in [0.3, 0.4) is 0 Å². The lowest BCUT2D eigenvalue weighted by Crippen LogP contribution is -2.58. The predicted octanol–water partition coefficient (Wildman–Crippen LogP) is 0.227. The Balaban J connectivity index is 1.86. The monoisotopic (exact) mass is 623 g/mol. The molecule has 1 saturated heterocycles. The molecule has 3 atom stereocenters. The van der Waals surface area contributed by atoms with Crippen LogP contribution in [-0.2, 0) is 33.5 Å². The summed E-state index contributed by atoms with van der Waals surface area (Å²) in [5.74, 6) is -3.64. The van der Waals surface area contributed by atoms with Crippen LogP contribution >= 0.6 is 21.6 Å². The third-order valence-corrected chi connectivity index (χ3v) is 8.75. The third kappa shape index (κ3) is 11.1. The van der Waals surface area contributed by atoms with Crippen LogP contribution in [0.15, 0.2) is 12.2 Å². The number of hydrogen-bond donors (Lipinski definition) is 5. The second kappa shape index (κ2) is 14.8. The summed E-state index contributed by atoms with van der Waals surface area (Å²) in [4.78, 5) is 76.6. The number of alkyl halides is 3. The maximum Gasteiger partial charge on any atom is 0.405 e. The lowest BCUT2D eigenvalue weighted by Gasteiger charge is -2.25. The van der Waals surface area contributed by atoms with E-state index in [1.807, 2.05) is 0 Å². The van der Waals surface area contributed by atoms with E-state index >= 15 is 0 Å². The SMILES string of the molecule is O=C(CC[C@H]1NC(=O)C[C@H]2/C=C/CCSSC[C@@H](NC1=O)C(=O)NC1(CC1)C(=O)NCCC(=O)O2)NCC(F)(F)F. The topological polar surface area (TPSA) is 172 Å². The van der Waals surface area contributed by atoms with Crippen molar-refractivity contribution in [3.8, 4) is 0 Å². The number of ether oxygens (including phenoxy) is 1. The Morgan fingerprint density at radius 2 is 1.85 bits per heavy atom. The minimum absolute atomic E-state index is 0.0525. The van der Waals surface area contributed by atoms with Crippen molar-refractivity contribution in [1.29, 1.82) is 0 Å². The van der Waals surface area contributed by atoms with E-state index in [4.69, 9.17) is 4.74 Å². The highest BCUT2D eigenvalue weighted by Crippen LogP contribution is 2.36. The van der Waals surface area contributed by atoms with Crippen molar-refractivity contribution in [3.05, 3.63) is 12.2 Å². The van der Waals surface area contributed by atoms with E-state index in [0.29, 0.717) is 25.0 Å². The molecule has 0 aromatic rings. The van der Waals surface area contributed by atoms with Crippen molar-refractivity contribution >= 4 is 57.1 Å². The summed E-state index contributed by atoms with van der Waals surface area (Å²) in [5.41, 5.74) is -1.18. The van der Waals surface area contributed by atoms with Gasteiger partial charge in [0.25, 0.3) is 0 Å². The largest absolute Gasteiger partial charge is 0.458 e. The molecule has 0 aromatic carbocycles. The highest BCUT2D eigenvalue weighted by molar-refractivity contribution is 8.76. The van der Waals surface area contributed by atoms with Crippen LogP contribution in [0.1, 0.15) is 44.9 Å². The first-order valence-electron chi connectivity index (χ1n) is 13.0. The van der Waals surface area contributed by atoms with Gasteiger partial charge in [0.2, 0.25) is 29.5 Å². The van der Waals surface area contributed by atoms with Crippen LogP contribution in [0.4, 0.5) is 13.2 Å². The number of allylic oxidation sites excluding steroid dienone is 1. The Kier molecular flexibility index (Phi) is 11.7. The number of carbonyl (C=O) groups excluding carboxylic acids is 6. The second-order valence-corrected chi connectivity index (χ2v) is 12.4. The Morgan fingerprint density at radius 1 is 1.10 bits per heavy atom. The number of carbonyl (C=O) groups is 6. The molecular weight excluding hydrogens is 591 g/mol. The van der Waals surface area contributed by atoms with Crippen LogP contribution in [0.5, 0.6) is 0 Å². The molecular formula is C24H32F3N5O7S2. The summed E-state index contributed by atoms with van der Waals surface area (Å²) < 4.78 is 42.8. The molecule has 0 radical (unpaired) electrons. The van der Waals surface area contributed by atoms with Crippen LogP contribution in [0.25, 0.3) is 0 Å². The predicted molar refractivity (Wildman–Crippen MR) is 143 cm³/mol. The Bertz CT molecular complexity index is 1060. The Morgan fingerprint density at radius 3 is 2.56 bits per heavy atom. The van der Waals surface area contributed by atoms with E-state index in [0.717, 1.165) is 0 Å². The van der Waals surface area contributed by atoms with E-state index < -0.39 is 78.4 Å². The van der Waals surface area contributed by atoms with Crippen LogP contribution in [0, 0.1) is 0 Å². The van der Waals surface area contributed by atoms with Gasteiger partial charge in [0.15, 0.2) is 0 Å². The zero-order valence-electron chi connectivity index (χ0n) is 22.0.